The number of rotatable bonds is 10. The quantitative estimate of drug-likeness (QED) is 0.449. The molecule has 0 aliphatic rings. The van der Waals surface area contributed by atoms with Crippen LogP contribution in [-0.4, -0.2) is 56.6 Å². The van der Waals surface area contributed by atoms with Crippen molar-refractivity contribution in [2.45, 2.75) is 12.7 Å². The van der Waals surface area contributed by atoms with Gasteiger partial charge in [0.05, 0.1) is 19.4 Å². The van der Waals surface area contributed by atoms with Gasteiger partial charge in [0.25, 0.3) is 5.91 Å². The van der Waals surface area contributed by atoms with Crippen LogP contribution in [0.4, 0.5) is 0 Å². The van der Waals surface area contributed by atoms with E-state index < -0.39 is 18.5 Å². The highest BCUT2D eigenvalue weighted by molar-refractivity contribution is 7.99. The number of methoxy groups -OCH3 is 1. The van der Waals surface area contributed by atoms with Crippen molar-refractivity contribution in [3.8, 4) is 5.75 Å². The van der Waals surface area contributed by atoms with E-state index in [1.165, 1.54) is 32.8 Å². The Balaban J connectivity index is 2.40. The second-order valence-electron chi connectivity index (χ2n) is 5.19. The Morgan fingerprint density at radius 2 is 1.88 bits per heavy atom. The monoisotopic (exact) mass is 382 g/mol. The summed E-state index contributed by atoms with van der Waals surface area (Å²) in [6, 6.07) is 5.12. The number of likely N-dealkylation sites (N-methyl/N-ethyl adjacent to an activating group) is 1. The molecule has 142 valence electrons. The van der Waals surface area contributed by atoms with E-state index in [1.54, 1.807) is 18.2 Å². The molecule has 8 nitrogen and oxygen atoms in total. The van der Waals surface area contributed by atoms with Gasteiger partial charge in [-0.25, -0.2) is 0 Å². The van der Waals surface area contributed by atoms with Gasteiger partial charge in [-0.1, -0.05) is 0 Å². The van der Waals surface area contributed by atoms with Crippen molar-refractivity contribution in [3.05, 3.63) is 29.3 Å². The number of carbonyl (C=O) groups excluding carboxylic acids is 4. The van der Waals surface area contributed by atoms with Crippen LogP contribution in [-0.2, 0) is 24.9 Å². The van der Waals surface area contributed by atoms with Crippen molar-refractivity contribution in [1.82, 2.24) is 10.6 Å². The smallest absolute Gasteiger partial charge is 0.316 e. The van der Waals surface area contributed by atoms with E-state index in [-0.39, 0.29) is 24.0 Å². The van der Waals surface area contributed by atoms with Gasteiger partial charge in [-0.15, -0.1) is 11.8 Å². The van der Waals surface area contributed by atoms with Crippen LogP contribution in [0.25, 0.3) is 0 Å². The normalized spacial score (nSPS) is 9.96. The van der Waals surface area contributed by atoms with E-state index >= 15 is 0 Å². The minimum atomic E-state index is -0.553. The van der Waals surface area contributed by atoms with Gasteiger partial charge in [0.2, 0.25) is 5.91 Å². The molecule has 0 unspecified atom stereocenters. The summed E-state index contributed by atoms with van der Waals surface area (Å²) in [6.45, 7) is 0.860. The Morgan fingerprint density at radius 1 is 1.15 bits per heavy atom. The first-order chi connectivity index (χ1) is 12.4. The maximum atomic E-state index is 11.7. The SMILES string of the molecule is CNC(=O)CNC(=O)COC(=O)CSCc1cc(C(C)=O)ccc1OC. The number of amides is 2. The second-order valence-corrected chi connectivity index (χ2v) is 6.17. The van der Waals surface area contributed by atoms with Gasteiger partial charge in [0.15, 0.2) is 12.4 Å². The zero-order valence-electron chi connectivity index (χ0n) is 14.9. The molecular formula is C17H22N2O6S. The lowest BCUT2D eigenvalue weighted by Crippen LogP contribution is -2.37. The van der Waals surface area contributed by atoms with Gasteiger partial charge in [0.1, 0.15) is 5.75 Å². The first kappa shape index (κ1) is 21.5. The molecule has 1 rings (SSSR count). The highest BCUT2D eigenvalue weighted by atomic mass is 32.2. The fourth-order valence-corrected chi connectivity index (χ4v) is 2.66. The Kier molecular flexibility index (Phi) is 9.21. The predicted octanol–water partition coefficient (Wildman–Crippen LogP) is 0.536. The fraction of sp³-hybridized carbons (Fsp3) is 0.412. The van der Waals surface area contributed by atoms with Gasteiger partial charge in [0, 0.05) is 23.9 Å². The van der Waals surface area contributed by atoms with Crippen molar-refractivity contribution in [1.29, 1.82) is 0 Å². The van der Waals surface area contributed by atoms with Crippen molar-refractivity contribution in [2.24, 2.45) is 0 Å². The molecule has 1 aromatic rings. The van der Waals surface area contributed by atoms with Crippen LogP contribution >= 0.6 is 11.8 Å². The van der Waals surface area contributed by atoms with Gasteiger partial charge >= 0.3 is 5.97 Å². The molecule has 0 aliphatic heterocycles. The number of nitrogens with one attached hydrogen (secondary N) is 2. The van der Waals surface area contributed by atoms with Crippen LogP contribution in [0, 0.1) is 0 Å². The maximum absolute atomic E-state index is 11.7. The van der Waals surface area contributed by atoms with Gasteiger partial charge in [-0.2, -0.15) is 0 Å². The summed E-state index contributed by atoms with van der Waals surface area (Å²) in [5.41, 5.74) is 1.36. The van der Waals surface area contributed by atoms with Crippen molar-refractivity contribution in [2.75, 3.05) is 33.1 Å². The van der Waals surface area contributed by atoms with Crippen LogP contribution in [0.1, 0.15) is 22.8 Å². The molecule has 0 saturated heterocycles. The third-order valence-electron chi connectivity index (χ3n) is 3.25. The first-order valence-corrected chi connectivity index (χ1v) is 8.91. The Bertz CT molecular complexity index is 677. The number of esters is 1. The number of hydrogen-bond donors (Lipinski definition) is 2. The molecule has 0 bridgehead atoms. The lowest BCUT2D eigenvalue weighted by molar-refractivity contribution is -0.146. The van der Waals surface area contributed by atoms with Gasteiger partial charge in [-0.05, 0) is 25.1 Å². The van der Waals surface area contributed by atoms with Crippen LogP contribution in [0.3, 0.4) is 0 Å². The minimum absolute atomic E-state index is 0.0379. The summed E-state index contributed by atoms with van der Waals surface area (Å²) in [5, 5.41) is 4.67. The van der Waals surface area contributed by atoms with Crippen molar-refractivity contribution >= 4 is 35.3 Å². The second kappa shape index (κ2) is 11.1. The molecule has 0 aromatic heterocycles. The number of hydrogen-bond acceptors (Lipinski definition) is 7. The molecule has 9 heteroatoms. The number of ketones is 1. The van der Waals surface area contributed by atoms with E-state index in [1.807, 2.05) is 0 Å². The Morgan fingerprint density at radius 3 is 2.50 bits per heavy atom. The summed E-state index contributed by atoms with van der Waals surface area (Å²) >= 11 is 1.28. The Hall–Kier alpha value is -2.55. The maximum Gasteiger partial charge on any atom is 0.316 e. The van der Waals surface area contributed by atoms with E-state index in [9.17, 15) is 19.2 Å². The molecule has 2 amide bonds. The largest absolute Gasteiger partial charge is 0.496 e. The van der Waals surface area contributed by atoms with E-state index in [2.05, 4.69) is 10.6 Å². The molecule has 26 heavy (non-hydrogen) atoms. The minimum Gasteiger partial charge on any atom is -0.496 e. The molecule has 0 fully saturated rings. The zero-order valence-corrected chi connectivity index (χ0v) is 15.7. The third-order valence-corrected chi connectivity index (χ3v) is 4.21. The van der Waals surface area contributed by atoms with Crippen LogP contribution in [0.5, 0.6) is 5.75 Å². The highest BCUT2D eigenvalue weighted by Crippen LogP contribution is 2.24. The topological polar surface area (TPSA) is 111 Å². The fourth-order valence-electron chi connectivity index (χ4n) is 1.86. The lowest BCUT2D eigenvalue weighted by Gasteiger charge is -2.10. The summed E-state index contributed by atoms with van der Waals surface area (Å²) < 4.78 is 10.1. The first-order valence-electron chi connectivity index (χ1n) is 7.75. The molecule has 0 radical (unpaired) electrons. The predicted molar refractivity (Wildman–Crippen MR) is 97.2 cm³/mol. The van der Waals surface area contributed by atoms with Gasteiger partial charge < -0.3 is 20.1 Å². The van der Waals surface area contributed by atoms with E-state index in [0.717, 1.165) is 5.56 Å². The lowest BCUT2D eigenvalue weighted by atomic mass is 10.1. The number of Topliss-reactive ketones (excluding diaryl/α,β-unsaturated/α-hetero) is 1. The number of thioether (sulfide) groups is 1. The molecule has 1 aromatic carbocycles. The summed E-state index contributed by atoms with van der Waals surface area (Å²) in [6.07, 6.45) is 0. The van der Waals surface area contributed by atoms with E-state index in [0.29, 0.717) is 17.1 Å². The highest BCUT2D eigenvalue weighted by Gasteiger charge is 2.11. The van der Waals surface area contributed by atoms with E-state index in [4.69, 9.17) is 9.47 Å². The summed E-state index contributed by atoms with van der Waals surface area (Å²) in [7, 11) is 2.98. The molecule has 0 spiro atoms. The molecule has 0 heterocycles. The molecule has 0 atom stereocenters. The number of ether oxygens (including phenoxy) is 2. The molecular weight excluding hydrogens is 360 g/mol. The van der Waals surface area contributed by atoms with Gasteiger partial charge in [-0.3, -0.25) is 19.2 Å². The number of benzene rings is 1. The molecule has 0 aliphatic carbocycles. The average Bonchev–Trinajstić information content (AvgIpc) is 2.64. The van der Waals surface area contributed by atoms with Crippen molar-refractivity contribution in [3.63, 3.8) is 0 Å². The zero-order chi connectivity index (χ0) is 19.5. The van der Waals surface area contributed by atoms with Crippen molar-refractivity contribution < 1.29 is 28.7 Å². The molecule has 2 N–H and O–H groups in total. The van der Waals surface area contributed by atoms with Crippen LogP contribution in [0.2, 0.25) is 0 Å². The van der Waals surface area contributed by atoms with Crippen LogP contribution < -0.4 is 15.4 Å². The molecule has 0 saturated carbocycles. The number of carbonyl (C=O) groups is 4. The standard InChI is InChI=1S/C17H22N2O6S/c1-11(20)12-4-5-14(24-3)13(6-12)9-26-10-17(23)25-8-16(22)19-7-15(21)18-2/h4-6H,7-10H2,1-3H3,(H,18,21)(H,19,22). The third kappa shape index (κ3) is 7.56. The summed E-state index contributed by atoms with van der Waals surface area (Å²) in [4.78, 5) is 45.5. The Labute approximate surface area is 156 Å². The summed E-state index contributed by atoms with van der Waals surface area (Å²) in [5.74, 6) is -0.389. The van der Waals surface area contributed by atoms with Crippen LogP contribution in [0.15, 0.2) is 18.2 Å². The average molecular weight is 382 g/mol.